The zero-order valence-corrected chi connectivity index (χ0v) is 9.17. The monoisotopic (exact) mass is 198 g/mol. The van der Waals surface area contributed by atoms with Gasteiger partial charge in [0.15, 0.2) is 0 Å². The molecular formula is C12H22O2. The quantitative estimate of drug-likeness (QED) is 0.752. The fourth-order valence-corrected chi connectivity index (χ4v) is 2.32. The summed E-state index contributed by atoms with van der Waals surface area (Å²) in [6.45, 7) is 2.90. The molecule has 14 heavy (non-hydrogen) atoms. The van der Waals surface area contributed by atoms with Crippen molar-refractivity contribution >= 4 is 0 Å². The molecule has 1 saturated carbocycles. The van der Waals surface area contributed by atoms with Crippen LogP contribution in [0, 0.1) is 5.92 Å². The first-order valence-corrected chi connectivity index (χ1v) is 6.03. The zero-order chi connectivity index (χ0) is 10.0. The summed E-state index contributed by atoms with van der Waals surface area (Å²) in [5, 5.41) is 10.1. The number of aliphatic hydroxyl groups is 1. The van der Waals surface area contributed by atoms with Crippen LogP contribution < -0.4 is 0 Å². The number of hydrogen-bond acceptors (Lipinski definition) is 2. The number of ether oxygens (including phenoxy) is 1. The molecule has 82 valence electrons. The highest BCUT2D eigenvalue weighted by molar-refractivity contribution is 4.87. The molecule has 1 heterocycles. The molecule has 0 amide bonds. The van der Waals surface area contributed by atoms with Gasteiger partial charge in [0, 0.05) is 6.61 Å². The number of hydrogen-bond donors (Lipinski definition) is 1. The van der Waals surface area contributed by atoms with Crippen molar-refractivity contribution < 1.29 is 9.84 Å². The van der Waals surface area contributed by atoms with Crippen LogP contribution in [0.25, 0.3) is 0 Å². The second-order valence-electron chi connectivity index (χ2n) is 5.15. The summed E-state index contributed by atoms with van der Waals surface area (Å²) in [6, 6.07) is 0. The minimum absolute atomic E-state index is 0.243. The fourth-order valence-electron chi connectivity index (χ4n) is 2.32. The maximum absolute atomic E-state index is 10.1. The molecule has 0 aromatic heterocycles. The van der Waals surface area contributed by atoms with Gasteiger partial charge in [0.2, 0.25) is 0 Å². The molecule has 2 fully saturated rings. The Morgan fingerprint density at radius 3 is 2.79 bits per heavy atom. The minimum atomic E-state index is -0.247. The highest BCUT2D eigenvalue weighted by Crippen LogP contribution is 2.36. The summed E-state index contributed by atoms with van der Waals surface area (Å²) in [7, 11) is 0. The van der Waals surface area contributed by atoms with Crippen LogP contribution in [0.4, 0.5) is 0 Å². The molecule has 1 aliphatic carbocycles. The average Bonchev–Trinajstić information content (AvgIpc) is 2.99. The van der Waals surface area contributed by atoms with E-state index in [1.165, 1.54) is 25.7 Å². The molecule has 1 saturated heterocycles. The number of rotatable bonds is 4. The smallest absolute Gasteiger partial charge is 0.0912 e. The molecule has 2 rings (SSSR count). The first-order valence-electron chi connectivity index (χ1n) is 6.03. The Bertz CT molecular complexity index is 181. The van der Waals surface area contributed by atoms with Gasteiger partial charge in [-0.05, 0) is 44.9 Å². The van der Waals surface area contributed by atoms with Crippen LogP contribution in [0.3, 0.4) is 0 Å². The molecule has 2 heteroatoms. The molecule has 0 aromatic rings. The molecule has 1 aliphatic heterocycles. The van der Waals surface area contributed by atoms with E-state index in [0.717, 1.165) is 31.8 Å². The van der Waals surface area contributed by atoms with Gasteiger partial charge in [0.05, 0.1) is 11.7 Å². The highest BCUT2D eigenvalue weighted by Gasteiger charge is 2.36. The number of aliphatic hydroxyl groups excluding tert-OH is 1. The van der Waals surface area contributed by atoms with Crippen molar-refractivity contribution in [2.24, 2.45) is 5.92 Å². The predicted molar refractivity (Wildman–Crippen MR) is 56.2 cm³/mol. The van der Waals surface area contributed by atoms with E-state index in [4.69, 9.17) is 4.74 Å². The fraction of sp³-hybridized carbons (Fsp3) is 1.00. The van der Waals surface area contributed by atoms with Gasteiger partial charge >= 0.3 is 0 Å². The summed E-state index contributed by atoms with van der Waals surface area (Å²) in [5.74, 6) is 0.914. The van der Waals surface area contributed by atoms with Gasteiger partial charge in [0.25, 0.3) is 0 Å². The maximum atomic E-state index is 10.1. The van der Waals surface area contributed by atoms with Crippen molar-refractivity contribution in [2.45, 2.75) is 63.6 Å². The summed E-state index contributed by atoms with van der Waals surface area (Å²) < 4.78 is 5.73. The summed E-state index contributed by atoms with van der Waals surface area (Å²) in [4.78, 5) is 0. The van der Waals surface area contributed by atoms with E-state index in [2.05, 4.69) is 6.92 Å². The molecule has 2 aliphatic rings. The van der Waals surface area contributed by atoms with E-state index >= 15 is 0 Å². The van der Waals surface area contributed by atoms with E-state index in [-0.39, 0.29) is 11.7 Å². The third-order valence-corrected chi connectivity index (χ3v) is 3.75. The van der Waals surface area contributed by atoms with E-state index in [1.807, 2.05) is 0 Å². The van der Waals surface area contributed by atoms with Crippen molar-refractivity contribution in [3.05, 3.63) is 0 Å². The maximum Gasteiger partial charge on any atom is 0.0912 e. The van der Waals surface area contributed by atoms with Gasteiger partial charge in [-0.15, -0.1) is 0 Å². The molecular weight excluding hydrogens is 176 g/mol. The third kappa shape index (κ3) is 2.48. The Kier molecular flexibility index (Phi) is 3.13. The second kappa shape index (κ2) is 4.19. The molecule has 0 bridgehead atoms. The van der Waals surface area contributed by atoms with E-state index in [1.54, 1.807) is 0 Å². The first-order chi connectivity index (χ1) is 6.71. The van der Waals surface area contributed by atoms with E-state index in [0.29, 0.717) is 0 Å². The first kappa shape index (κ1) is 10.4. The molecule has 2 nitrogen and oxygen atoms in total. The van der Waals surface area contributed by atoms with Crippen LogP contribution in [0.2, 0.25) is 0 Å². The molecule has 2 atom stereocenters. The van der Waals surface area contributed by atoms with Crippen molar-refractivity contribution in [1.82, 2.24) is 0 Å². The van der Waals surface area contributed by atoms with Crippen LogP contribution in [0.1, 0.15) is 51.9 Å². The van der Waals surface area contributed by atoms with Crippen LogP contribution in [0.5, 0.6) is 0 Å². The minimum Gasteiger partial charge on any atom is -0.390 e. The van der Waals surface area contributed by atoms with Gasteiger partial charge in [-0.25, -0.2) is 0 Å². The molecule has 1 N–H and O–H groups in total. The van der Waals surface area contributed by atoms with Gasteiger partial charge in [0.1, 0.15) is 0 Å². The Hall–Kier alpha value is -0.0800. The zero-order valence-electron chi connectivity index (χ0n) is 9.17. The van der Waals surface area contributed by atoms with Crippen LogP contribution in [-0.2, 0) is 4.74 Å². The van der Waals surface area contributed by atoms with Gasteiger partial charge < -0.3 is 9.84 Å². The molecule has 0 radical (unpaired) electrons. The third-order valence-electron chi connectivity index (χ3n) is 3.75. The molecule has 0 spiro atoms. The Morgan fingerprint density at radius 1 is 1.43 bits per heavy atom. The molecule has 2 unspecified atom stereocenters. The standard InChI is InChI=1S/C12H22O2/c1-12(8-2-3-9-14-12)11(13)7-6-10-4-5-10/h10-11,13H,2-9H2,1H3. The van der Waals surface area contributed by atoms with Gasteiger partial charge in [-0.1, -0.05) is 12.8 Å². The summed E-state index contributed by atoms with van der Waals surface area (Å²) in [6.07, 6.45) is 8.03. The highest BCUT2D eigenvalue weighted by atomic mass is 16.5. The lowest BCUT2D eigenvalue weighted by Crippen LogP contribution is -2.44. The molecule has 0 aromatic carbocycles. The van der Waals surface area contributed by atoms with Crippen LogP contribution >= 0.6 is 0 Å². The predicted octanol–water partition coefficient (Wildman–Crippen LogP) is 2.50. The van der Waals surface area contributed by atoms with E-state index < -0.39 is 0 Å². The lowest BCUT2D eigenvalue weighted by Gasteiger charge is -2.38. The van der Waals surface area contributed by atoms with Gasteiger partial charge in [-0.2, -0.15) is 0 Å². The normalized spacial score (nSPS) is 35.6. The average molecular weight is 198 g/mol. The Morgan fingerprint density at radius 2 is 2.21 bits per heavy atom. The lowest BCUT2D eigenvalue weighted by molar-refractivity contribution is -0.138. The van der Waals surface area contributed by atoms with Crippen molar-refractivity contribution in [1.29, 1.82) is 0 Å². The second-order valence-corrected chi connectivity index (χ2v) is 5.15. The van der Waals surface area contributed by atoms with E-state index in [9.17, 15) is 5.11 Å². The van der Waals surface area contributed by atoms with Crippen molar-refractivity contribution in [3.63, 3.8) is 0 Å². The summed E-state index contributed by atoms with van der Waals surface area (Å²) in [5.41, 5.74) is -0.243. The van der Waals surface area contributed by atoms with Crippen LogP contribution in [-0.4, -0.2) is 23.4 Å². The lowest BCUT2D eigenvalue weighted by atomic mass is 9.87. The summed E-state index contributed by atoms with van der Waals surface area (Å²) >= 11 is 0. The Balaban J connectivity index is 1.77. The van der Waals surface area contributed by atoms with Crippen molar-refractivity contribution in [2.75, 3.05) is 6.61 Å². The largest absolute Gasteiger partial charge is 0.390 e. The van der Waals surface area contributed by atoms with Crippen molar-refractivity contribution in [3.8, 4) is 0 Å². The Labute approximate surface area is 86.6 Å². The van der Waals surface area contributed by atoms with Gasteiger partial charge in [-0.3, -0.25) is 0 Å². The SMILES string of the molecule is CC1(C(O)CCC2CC2)CCCCO1. The van der Waals surface area contributed by atoms with Crippen LogP contribution in [0.15, 0.2) is 0 Å². The topological polar surface area (TPSA) is 29.5 Å².